The van der Waals surface area contributed by atoms with Crippen molar-refractivity contribution < 1.29 is 0 Å². The van der Waals surface area contributed by atoms with Gasteiger partial charge in [0, 0.05) is 51.2 Å². The van der Waals surface area contributed by atoms with Crippen LogP contribution in [0.15, 0.2) is 24.5 Å². The first-order chi connectivity index (χ1) is 8.83. The second-order valence-electron chi connectivity index (χ2n) is 5.14. The summed E-state index contributed by atoms with van der Waals surface area (Å²) in [6, 6.07) is 5.02. The van der Waals surface area contributed by atoms with E-state index in [0.29, 0.717) is 0 Å². The first-order valence-electron chi connectivity index (χ1n) is 7.18. The van der Waals surface area contributed by atoms with E-state index in [0.717, 1.165) is 12.6 Å². The van der Waals surface area contributed by atoms with Crippen LogP contribution in [0.3, 0.4) is 0 Å². The van der Waals surface area contributed by atoms with Gasteiger partial charge in [0.05, 0.1) is 0 Å². The van der Waals surface area contributed by atoms with Crippen LogP contribution in [-0.2, 0) is 6.54 Å². The maximum absolute atomic E-state index is 4.07. The summed E-state index contributed by atoms with van der Waals surface area (Å²) in [4.78, 5) is 9.27. The summed E-state index contributed by atoms with van der Waals surface area (Å²) in [5, 5.41) is 0. The van der Waals surface area contributed by atoms with Gasteiger partial charge in [-0.2, -0.15) is 0 Å². The topological polar surface area (TPSA) is 19.4 Å². The monoisotopic (exact) mass is 247 g/mol. The molecule has 0 saturated carbocycles. The standard InChI is InChI=1S/C15H25N3/c1-3-15(4-2)18-11-9-17(10-12-18)13-14-5-7-16-8-6-14/h5-8,15H,3-4,9-13H2,1-2H3. The summed E-state index contributed by atoms with van der Waals surface area (Å²) in [6.45, 7) is 10.5. The van der Waals surface area contributed by atoms with E-state index in [1.807, 2.05) is 12.4 Å². The van der Waals surface area contributed by atoms with Crippen molar-refractivity contribution in [1.82, 2.24) is 14.8 Å². The van der Waals surface area contributed by atoms with E-state index in [9.17, 15) is 0 Å². The van der Waals surface area contributed by atoms with Crippen molar-refractivity contribution in [3.63, 3.8) is 0 Å². The minimum absolute atomic E-state index is 0.785. The van der Waals surface area contributed by atoms with Crippen molar-refractivity contribution >= 4 is 0 Å². The molecule has 2 heterocycles. The number of rotatable bonds is 5. The summed E-state index contributed by atoms with van der Waals surface area (Å²) >= 11 is 0. The van der Waals surface area contributed by atoms with Gasteiger partial charge in [-0.05, 0) is 30.5 Å². The predicted molar refractivity (Wildman–Crippen MR) is 75.5 cm³/mol. The molecule has 1 fully saturated rings. The minimum Gasteiger partial charge on any atom is -0.298 e. The highest BCUT2D eigenvalue weighted by Gasteiger charge is 2.21. The zero-order chi connectivity index (χ0) is 12.8. The lowest BCUT2D eigenvalue weighted by molar-refractivity contribution is 0.0881. The molecule has 1 aliphatic heterocycles. The third kappa shape index (κ3) is 3.53. The third-order valence-electron chi connectivity index (χ3n) is 4.02. The van der Waals surface area contributed by atoms with Gasteiger partial charge < -0.3 is 0 Å². The van der Waals surface area contributed by atoms with E-state index >= 15 is 0 Å². The van der Waals surface area contributed by atoms with E-state index in [1.54, 1.807) is 0 Å². The summed E-state index contributed by atoms with van der Waals surface area (Å²) in [5.41, 5.74) is 1.38. The van der Waals surface area contributed by atoms with Crippen LogP contribution in [-0.4, -0.2) is 47.0 Å². The van der Waals surface area contributed by atoms with Gasteiger partial charge in [-0.15, -0.1) is 0 Å². The van der Waals surface area contributed by atoms with Gasteiger partial charge in [-0.25, -0.2) is 0 Å². The van der Waals surface area contributed by atoms with Crippen molar-refractivity contribution in [3.8, 4) is 0 Å². The fraction of sp³-hybridized carbons (Fsp3) is 0.667. The molecule has 1 aliphatic rings. The summed E-state index contributed by atoms with van der Waals surface area (Å²) in [6.07, 6.45) is 6.33. The number of hydrogen-bond acceptors (Lipinski definition) is 3. The SMILES string of the molecule is CCC(CC)N1CCN(Cc2ccncc2)CC1. The first-order valence-corrected chi connectivity index (χ1v) is 7.18. The normalized spacial score (nSPS) is 18.4. The number of pyridine rings is 1. The second-order valence-corrected chi connectivity index (χ2v) is 5.14. The van der Waals surface area contributed by atoms with Crippen molar-refractivity contribution in [3.05, 3.63) is 30.1 Å². The number of nitrogens with zero attached hydrogens (tertiary/aromatic N) is 3. The molecule has 0 atom stereocenters. The van der Waals surface area contributed by atoms with Crippen LogP contribution >= 0.6 is 0 Å². The Balaban J connectivity index is 1.80. The Kier molecular flexibility index (Phi) is 5.14. The molecular formula is C15H25N3. The molecule has 1 aromatic heterocycles. The Bertz CT molecular complexity index is 327. The van der Waals surface area contributed by atoms with Crippen LogP contribution in [0.1, 0.15) is 32.3 Å². The van der Waals surface area contributed by atoms with Gasteiger partial charge >= 0.3 is 0 Å². The van der Waals surface area contributed by atoms with E-state index in [-0.39, 0.29) is 0 Å². The molecule has 0 radical (unpaired) electrons. The summed E-state index contributed by atoms with van der Waals surface area (Å²) in [7, 11) is 0. The Hall–Kier alpha value is -0.930. The van der Waals surface area contributed by atoms with Crippen molar-refractivity contribution in [1.29, 1.82) is 0 Å². The Morgan fingerprint density at radius 1 is 1.06 bits per heavy atom. The van der Waals surface area contributed by atoms with Gasteiger partial charge in [0.1, 0.15) is 0 Å². The zero-order valence-corrected chi connectivity index (χ0v) is 11.7. The van der Waals surface area contributed by atoms with Gasteiger partial charge in [0.2, 0.25) is 0 Å². The molecule has 0 N–H and O–H groups in total. The molecule has 0 unspecified atom stereocenters. The molecule has 3 nitrogen and oxygen atoms in total. The highest BCUT2D eigenvalue weighted by Crippen LogP contribution is 2.13. The highest BCUT2D eigenvalue weighted by atomic mass is 15.3. The molecule has 2 rings (SSSR count). The van der Waals surface area contributed by atoms with Crippen molar-refractivity contribution in [2.24, 2.45) is 0 Å². The van der Waals surface area contributed by atoms with E-state index < -0.39 is 0 Å². The Morgan fingerprint density at radius 2 is 1.67 bits per heavy atom. The quantitative estimate of drug-likeness (QED) is 0.796. The Morgan fingerprint density at radius 3 is 2.22 bits per heavy atom. The van der Waals surface area contributed by atoms with E-state index in [1.165, 1.54) is 44.6 Å². The van der Waals surface area contributed by atoms with Crippen LogP contribution in [0, 0.1) is 0 Å². The van der Waals surface area contributed by atoms with E-state index in [4.69, 9.17) is 0 Å². The van der Waals surface area contributed by atoms with Crippen molar-refractivity contribution in [2.75, 3.05) is 26.2 Å². The van der Waals surface area contributed by atoms with Crippen molar-refractivity contribution in [2.45, 2.75) is 39.3 Å². The predicted octanol–water partition coefficient (Wildman–Crippen LogP) is 2.39. The van der Waals surface area contributed by atoms with Crippen LogP contribution in [0.2, 0.25) is 0 Å². The number of aromatic nitrogens is 1. The summed E-state index contributed by atoms with van der Waals surface area (Å²) in [5.74, 6) is 0. The molecule has 0 spiro atoms. The van der Waals surface area contributed by atoms with Gasteiger partial charge in [-0.1, -0.05) is 13.8 Å². The van der Waals surface area contributed by atoms with Crippen LogP contribution in [0.4, 0.5) is 0 Å². The molecular weight excluding hydrogens is 222 g/mol. The van der Waals surface area contributed by atoms with Crippen LogP contribution in [0.5, 0.6) is 0 Å². The fourth-order valence-electron chi connectivity index (χ4n) is 2.84. The van der Waals surface area contributed by atoms with Gasteiger partial charge in [0.25, 0.3) is 0 Å². The molecule has 0 amide bonds. The smallest absolute Gasteiger partial charge is 0.0271 e. The van der Waals surface area contributed by atoms with Crippen LogP contribution < -0.4 is 0 Å². The molecule has 0 aliphatic carbocycles. The lowest BCUT2D eigenvalue weighted by Gasteiger charge is -2.38. The maximum atomic E-state index is 4.07. The summed E-state index contributed by atoms with van der Waals surface area (Å²) < 4.78 is 0. The highest BCUT2D eigenvalue weighted by molar-refractivity contribution is 5.09. The third-order valence-corrected chi connectivity index (χ3v) is 4.02. The Labute approximate surface area is 111 Å². The zero-order valence-electron chi connectivity index (χ0n) is 11.7. The first kappa shape index (κ1) is 13.5. The molecule has 1 aromatic rings. The molecule has 3 heteroatoms. The average molecular weight is 247 g/mol. The lowest BCUT2D eigenvalue weighted by atomic mass is 10.1. The molecule has 0 aromatic carbocycles. The van der Waals surface area contributed by atoms with Gasteiger partial charge in [-0.3, -0.25) is 14.8 Å². The number of piperazine rings is 1. The molecule has 0 bridgehead atoms. The van der Waals surface area contributed by atoms with Crippen LogP contribution in [0.25, 0.3) is 0 Å². The fourth-order valence-corrected chi connectivity index (χ4v) is 2.84. The van der Waals surface area contributed by atoms with Gasteiger partial charge in [0.15, 0.2) is 0 Å². The number of hydrogen-bond donors (Lipinski definition) is 0. The minimum atomic E-state index is 0.785. The maximum Gasteiger partial charge on any atom is 0.0271 e. The largest absolute Gasteiger partial charge is 0.298 e. The average Bonchev–Trinajstić information content (AvgIpc) is 2.43. The molecule has 18 heavy (non-hydrogen) atoms. The molecule has 100 valence electrons. The van der Waals surface area contributed by atoms with E-state index in [2.05, 4.69) is 40.8 Å². The lowest BCUT2D eigenvalue weighted by Crippen LogP contribution is -2.49. The second kappa shape index (κ2) is 6.86. The molecule has 1 saturated heterocycles.